The number of hydrogen-bond acceptors (Lipinski definition) is 5. The molecule has 29 heavy (non-hydrogen) atoms. The average molecular weight is 408 g/mol. The molecule has 0 aromatic heterocycles. The van der Waals surface area contributed by atoms with Gasteiger partial charge in [-0.3, -0.25) is 4.90 Å². The van der Waals surface area contributed by atoms with Crippen molar-refractivity contribution in [1.82, 2.24) is 10.2 Å². The first-order valence-corrected chi connectivity index (χ1v) is 11.0. The highest BCUT2D eigenvalue weighted by Crippen LogP contribution is 2.42. The molecule has 1 aromatic carbocycles. The van der Waals surface area contributed by atoms with E-state index in [-0.39, 0.29) is 23.9 Å². The van der Waals surface area contributed by atoms with Crippen LogP contribution in [0.15, 0.2) is 18.2 Å². The molecule has 7 heteroatoms. The molecular formula is C22H31F2N3O2. The Morgan fingerprint density at radius 3 is 2.48 bits per heavy atom. The molecule has 6 atom stereocenters. The van der Waals surface area contributed by atoms with Crippen molar-refractivity contribution in [1.29, 1.82) is 0 Å². The SMILES string of the molecule is NC1CC(NC2CC3CN(C(O)C4CC4)CC3C2)COC1c1cc(F)ccc1F. The van der Waals surface area contributed by atoms with Crippen LogP contribution < -0.4 is 11.1 Å². The molecule has 2 heterocycles. The Bertz CT molecular complexity index is 733. The number of likely N-dealkylation sites (tertiary alicyclic amines) is 1. The highest BCUT2D eigenvalue weighted by Gasteiger charge is 2.46. The Labute approximate surface area is 170 Å². The minimum Gasteiger partial charge on any atom is -0.378 e. The van der Waals surface area contributed by atoms with E-state index in [4.69, 9.17) is 10.5 Å². The van der Waals surface area contributed by atoms with Gasteiger partial charge in [-0.2, -0.15) is 0 Å². The van der Waals surface area contributed by atoms with Gasteiger partial charge in [0.2, 0.25) is 0 Å². The Morgan fingerprint density at radius 2 is 1.83 bits per heavy atom. The molecule has 0 spiro atoms. The monoisotopic (exact) mass is 407 g/mol. The second-order valence-corrected chi connectivity index (χ2v) is 9.58. The zero-order valence-electron chi connectivity index (χ0n) is 16.6. The molecule has 0 bridgehead atoms. The third-order valence-electron chi connectivity index (χ3n) is 7.36. The molecule has 2 saturated heterocycles. The Kier molecular flexibility index (Phi) is 5.37. The van der Waals surface area contributed by atoms with Crippen molar-refractivity contribution >= 4 is 0 Å². The van der Waals surface area contributed by atoms with E-state index < -0.39 is 17.7 Å². The van der Waals surface area contributed by atoms with E-state index in [9.17, 15) is 13.9 Å². The number of fused-ring (bicyclic) bond motifs is 1. The normalized spacial score (nSPS) is 38.9. The molecule has 2 aliphatic heterocycles. The maximum atomic E-state index is 14.1. The minimum absolute atomic E-state index is 0.134. The summed E-state index contributed by atoms with van der Waals surface area (Å²) in [4.78, 5) is 2.28. The van der Waals surface area contributed by atoms with Crippen LogP contribution in [0.3, 0.4) is 0 Å². The number of nitrogens with two attached hydrogens (primary N) is 1. The summed E-state index contributed by atoms with van der Waals surface area (Å²) in [6.07, 6.45) is 4.40. The van der Waals surface area contributed by atoms with Crippen molar-refractivity contribution in [3.8, 4) is 0 Å². The maximum absolute atomic E-state index is 14.1. The number of ether oxygens (including phenoxy) is 1. The standard InChI is InChI=1S/C22H31F2N3O2/c23-15-3-4-19(24)18(7-15)21-20(25)8-17(11-29-21)26-16-5-13-9-27(10-14(13)6-16)22(28)12-1-2-12/h3-4,7,12-14,16-17,20-22,26,28H,1-2,5-6,8-11,25H2. The topological polar surface area (TPSA) is 70.8 Å². The molecule has 0 radical (unpaired) electrons. The van der Waals surface area contributed by atoms with Crippen LogP contribution >= 0.6 is 0 Å². The first-order valence-electron chi connectivity index (χ1n) is 11.0. The average Bonchev–Trinajstić information content (AvgIpc) is 3.36. The summed E-state index contributed by atoms with van der Waals surface area (Å²) in [7, 11) is 0. The fraction of sp³-hybridized carbons (Fsp3) is 0.727. The van der Waals surface area contributed by atoms with E-state index in [2.05, 4.69) is 10.2 Å². The highest BCUT2D eigenvalue weighted by atomic mass is 19.1. The largest absolute Gasteiger partial charge is 0.378 e. The zero-order valence-corrected chi connectivity index (χ0v) is 16.6. The number of rotatable bonds is 5. The van der Waals surface area contributed by atoms with Gasteiger partial charge < -0.3 is 20.9 Å². The molecule has 2 aliphatic carbocycles. The summed E-state index contributed by atoms with van der Waals surface area (Å²) in [6.45, 7) is 2.46. The Morgan fingerprint density at radius 1 is 1.10 bits per heavy atom. The second-order valence-electron chi connectivity index (χ2n) is 9.58. The fourth-order valence-corrected chi connectivity index (χ4v) is 5.75. The van der Waals surface area contributed by atoms with E-state index in [0.717, 1.165) is 38.1 Å². The van der Waals surface area contributed by atoms with E-state index >= 15 is 0 Å². The predicted octanol–water partition coefficient (Wildman–Crippen LogP) is 2.15. The third-order valence-corrected chi connectivity index (χ3v) is 7.36. The second kappa shape index (κ2) is 7.85. The number of nitrogens with zero attached hydrogens (tertiary/aromatic N) is 1. The molecule has 160 valence electrons. The lowest BCUT2D eigenvalue weighted by Crippen LogP contribution is -2.50. The molecular weight excluding hydrogens is 376 g/mol. The quantitative estimate of drug-likeness (QED) is 0.698. The van der Waals surface area contributed by atoms with Crippen molar-refractivity contribution in [2.75, 3.05) is 19.7 Å². The smallest absolute Gasteiger partial charge is 0.129 e. The van der Waals surface area contributed by atoms with Crippen LogP contribution in [0.5, 0.6) is 0 Å². The number of aliphatic hydroxyl groups excluding tert-OH is 1. The molecule has 5 nitrogen and oxygen atoms in total. The van der Waals surface area contributed by atoms with Crippen molar-refractivity contribution in [2.24, 2.45) is 23.5 Å². The summed E-state index contributed by atoms with van der Waals surface area (Å²) >= 11 is 0. The summed E-state index contributed by atoms with van der Waals surface area (Å²) in [5.74, 6) is 0.844. The van der Waals surface area contributed by atoms with Gasteiger partial charge >= 0.3 is 0 Å². The Hall–Kier alpha value is -1.12. The van der Waals surface area contributed by atoms with Crippen LogP contribution in [0, 0.1) is 29.4 Å². The highest BCUT2D eigenvalue weighted by molar-refractivity contribution is 5.23. The molecule has 4 aliphatic rings. The van der Waals surface area contributed by atoms with Crippen LogP contribution in [0.4, 0.5) is 8.78 Å². The maximum Gasteiger partial charge on any atom is 0.129 e. The lowest BCUT2D eigenvalue weighted by atomic mass is 9.93. The number of benzene rings is 1. The summed E-state index contributed by atoms with van der Waals surface area (Å²) in [5.41, 5.74) is 6.49. The van der Waals surface area contributed by atoms with Gasteiger partial charge in [-0.05, 0) is 68.1 Å². The predicted molar refractivity (Wildman–Crippen MR) is 105 cm³/mol. The molecule has 0 amide bonds. The van der Waals surface area contributed by atoms with Crippen LogP contribution in [-0.2, 0) is 4.74 Å². The molecule has 2 saturated carbocycles. The molecule has 6 unspecified atom stereocenters. The third kappa shape index (κ3) is 4.08. The fourth-order valence-electron chi connectivity index (χ4n) is 5.75. The van der Waals surface area contributed by atoms with Crippen molar-refractivity contribution in [3.63, 3.8) is 0 Å². The lowest BCUT2D eigenvalue weighted by molar-refractivity contribution is -0.0232. The number of nitrogens with one attached hydrogen (secondary N) is 1. The minimum atomic E-state index is -0.607. The van der Waals surface area contributed by atoms with Crippen LogP contribution in [0.25, 0.3) is 0 Å². The van der Waals surface area contributed by atoms with E-state index in [0.29, 0.717) is 36.8 Å². The molecule has 4 fully saturated rings. The van der Waals surface area contributed by atoms with Gasteiger partial charge in [-0.1, -0.05) is 0 Å². The number of hydrogen-bond donors (Lipinski definition) is 3. The van der Waals surface area contributed by atoms with Gasteiger partial charge in [-0.15, -0.1) is 0 Å². The summed E-state index contributed by atoms with van der Waals surface area (Å²) in [6, 6.07) is 3.63. The van der Waals surface area contributed by atoms with Gasteiger partial charge in [0.15, 0.2) is 0 Å². The number of halogens is 2. The Balaban J connectivity index is 1.12. The van der Waals surface area contributed by atoms with Gasteiger partial charge in [0.05, 0.1) is 6.61 Å². The first kappa shape index (κ1) is 19.8. The summed E-state index contributed by atoms with van der Waals surface area (Å²) < 4.78 is 33.5. The molecule has 5 rings (SSSR count). The van der Waals surface area contributed by atoms with Crippen LogP contribution in [0.2, 0.25) is 0 Å². The van der Waals surface area contributed by atoms with Crippen LogP contribution in [-0.4, -0.2) is 54.1 Å². The van der Waals surface area contributed by atoms with Crippen molar-refractivity contribution in [3.05, 3.63) is 35.4 Å². The van der Waals surface area contributed by atoms with E-state index in [1.165, 1.54) is 18.9 Å². The van der Waals surface area contributed by atoms with Crippen molar-refractivity contribution in [2.45, 2.75) is 62.6 Å². The summed E-state index contributed by atoms with van der Waals surface area (Å²) in [5, 5.41) is 14.1. The lowest BCUT2D eigenvalue weighted by Gasteiger charge is -2.36. The van der Waals surface area contributed by atoms with E-state index in [1.54, 1.807) is 0 Å². The van der Waals surface area contributed by atoms with Gasteiger partial charge in [0, 0.05) is 36.8 Å². The van der Waals surface area contributed by atoms with Gasteiger partial charge in [-0.25, -0.2) is 8.78 Å². The van der Waals surface area contributed by atoms with Gasteiger partial charge in [0.25, 0.3) is 0 Å². The van der Waals surface area contributed by atoms with Crippen LogP contribution in [0.1, 0.15) is 43.8 Å². The molecule has 4 N–H and O–H groups in total. The molecule has 1 aromatic rings. The number of aliphatic hydroxyl groups is 1. The first-order chi connectivity index (χ1) is 14.0. The van der Waals surface area contributed by atoms with Gasteiger partial charge in [0.1, 0.15) is 24.0 Å². The van der Waals surface area contributed by atoms with Crippen molar-refractivity contribution < 1.29 is 18.6 Å². The van der Waals surface area contributed by atoms with E-state index in [1.807, 2.05) is 0 Å². The zero-order chi connectivity index (χ0) is 20.1.